The largest absolute Gasteiger partial charge is 0.481 e. The van der Waals surface area contributed by atoms with E-state index in [0.717, 1.165) is 5.56 Å². The zero-order valence-corrected chi connectivity index (χ0v) is 13.1. The number of amides is 1. The minimum atomic E-state index is -0.646. The van der Waals surface area contributed by atoms with Crippen LogP contribution in [-0.2, 0) is 16.0 Å². The molecule has 0 saturated carbocycles. The second-order valence-electron chi connectivity index (χ2n) is 5.73. The van der Waals surface area contributed by atoms with Crippen LogP contribution in [0.15, 0.2) is 24.3 Å². The number of carbonyl (C=O) groups is 2. The van der Waals surface area contributed by atoms with E-state index < -0.39 is 17.7 Å². The van der Waals surface area contributed by atoms with Crippen LogP contribution in [0.2, 0.25) is 0 Å². The molecule has 0 spiro atoms. The number of rotatable bonds is 6. The van der Waals surface area contributed by atoms with Crippen molar-refractivity contribution in [3.05, 3.63) is 29.8 Å². The fourth-order valence-electron chi connectivity index (χ4n) is 1.69. The van der Waals surface area contributed by atoms with Gasteiger partial charge in [0.1, 0.15) is 24.2 Å². The SMILES string of the molecule is C#CCOc1ccc(CC(C=O)NC(=O)OC(C)(C)C)cc1. The highest BCUT2D eigenvalue weighted by molar-refractivity contribution is 5.73. The first-order chi connectivity index (χ1) is 10.3. The van der Waals surface area contributed by atoms with Crippen LogP contribution in [0.5, 0.6) is 5.75 Å². The number of hydrogen-bond acceptors (Lipinski definition) is 4. The first kappa shape index (κ1) is 17.6. The molecule has 1 amide bonds. The summed E-state index contributed by atoms with van der Waals surface area (Å²) in [5.74, 6) is 3.04. The Balaban J connectivity index is 2.57. The second-order valence-corrected chi connectivity index (χ2v) is 5.73. The third-order valence-corrected chi connectivity index (χ3v) is 2.57. The monoisotopic (exact) mass is 303 g/mol. The molecule has 0 radical (unpaired) electrons. The molecule has 118 valence electrons. The summed E-state index contributed by atoms with van der Waals surface area (Å²) in [7, 11) is 0. The number of aldehydes is 1. The number of ether oxygens (including phenoxy) is 2. The van der Waals surface area contributed by atoms with Crippen LogP contribution in [0.1, 0.15) is 26.3 Å². The minimum absolute atomic E-state index is 0.205. The Hall–Kier alpha value is -2.48. The van der Waals surface area contributed by atoms with Gasteiger partial charge in [0.25, 0.3) is 0 Å². The van der Waals surface area contributed by atoms with Crippen molar-refractivity contribution < 1.29 is 19.1 Å². The highest BCUT2D eigenvalue weighted by Gasteiger charge is 2.19. The summed E-state index contributed by atoms with van der Waals surface area (Å²) < 4.78 is 10.4. The van der Waals surface area contributed by atoms with Gasteiger partial charge in [-0.1, -0.05) is 18.1 Å². The van der Waals surface area contributed by atoms with E-state index in [4.69, 9.17) is 15.9 Å². The lowest BCUT2D eigenvalue weighted by molar-refractivity contribution is -0.109. The second kappa shape index (κ2) is 8.08. The number of hydrogen-bond donors (Lipinski definition) is 1. The maximum absolute atomic E-state index is 11.7. The van der Waals surface area contributed by atoms with E-state index in [9.17, 15) is 9.59 Å². The van der Waals surface area contributed by atoms with Crippen LogP contribution in [0.4, 0.5) is 4.79 Å². The van der Waals surface area contributed by atoms with Crippen molar-refractivity contribution >= 4 is 12.4 Å². The molecule has 5 nitrogen and oxygen atoms in total. The van der Waals surface area contributed by atoms with Gasteiger partial charge in [-0.25, -0.2) is 4.79 Å². The lowest BCUT2D eigenvalue weighted by Crippen LogP contribution is -2.41. The van der Waals surface area contributed by atoms with E-state index in [-0.39, 0.29) is 6.61 Å². The average molecular weight is 303 g/mol. The molecule has 0 aromatic heterocycles. The van der Waals surface area contributed by atoms with Crippen LogP contribution in [0.25, 0.3) is 0 Å². The van der Waals surface area contributed by atoms with Gasteiger partial charge in [-0.15, -0.1) is 6.42 Å². The van der Waals surface area contributed by atoms with Crippen molar-refractivity contribution in [1.29, 1.82) is 0 Å². The fraction of sp³-hybridized carbons (Fsp3) is 0.412. The molecule has 1 aromatic rings. The molecule has 0 aliphatic heterocycles. The molecule has 1 atom stereocenters. The third-order valence-electron chi connectivity index (χ3n) is 2.57. The number of nitrogens with one attached hydrogen (secondary N) is 1. The molecule has 1 rings (SSSR count). The Morgan fingerprint density at radius 3 is 2.50 bits per heavy atom. The molecular weight excluding hydrogens is 282 g/mol. The van der Waals surface area contributed by atoms with Crippen molar-refractivity contribution in [2.45, 2.75) is 38.8 Å². The molecule has 0 bridgehead atoms. The Morgan fingerprint density at radius 1 is 1.36 bits per heavy atom. The van der Waals surface area contributed by atoms with Gasteiger partial charge in [0.05, 0.1) is 6.04 Å². The minimum Gasteiger partial charge on any atom is -0.481 e. The van der Waals surface area contributed by atoms with Crippen molar-refractivity contribution in [3.8, 4) is 18.1 Å². The van der Waals surface area contributed by atoms with Crippen molar-refractivity contribution in [3.63, 3.8) is 0 Å². The first-order valence-corrected chi connectivity index (χ1v) is 6.94. The molecule has 1 unspecified atom stereocenters. The molecule has 0 aliphatic rings. The summed E-state index contributed by atoms with van der Waals surface area (Å²) in [6, 6.07) is 6.52. The quantitative estimate of drug-likeness (QED) is 0.647. The van der Waals surface area contributed by atoms with Gasteiger partial charge < -0.3 is 19.6 Å². The van der Waals surface area contributed by atoms with Gasteiger partial charge in [0, 0.05) is 0 Å². The topological polar surface area (TPSA) is 64.6 Å². The maximum atomic E-state index is 11.7. The number of terminal acetylenes is 1. The Morgan fingerprint density at radius 2 is 2.00 bits per heavy atom. The number of carbonyl (C=O) groups excluding carboxylic acids is 2. The zero-order chi connectivity index (χ0) is 16.6. The Bertz CT molecular complexity index is 537. The van der Waals surface area contributed by atoms with Gasteiger partial charge in [-0.2, -0.15) is 0 Å². The van der Waals surface area contributed by atoms with Gasteiger partial charge in [-0.3, -0.25) is 0 Å². The number of benzene rings is 1. The van der Waals surface area contributed by atoms with Crippen LogP contribution in [-0.4, -0.2) is 30.6 Å². The highest BCUT2D eigenvalue weighted by atomic mass is 16.6. The predicted molar refractivity (Wildman–Crippen MR) is 83.7 cm³/mol. The standard InChI is InChI=1S/C17H21NO4/c1-5-10-21-15-8-6-13(7-9-15)11-14(12-19)18-16(20)22-17(2,3)4/h1,6-9,12,14H,10-11H2,2-4H3,(H,18,20). The van der Waals surface area contributed by atoms with E-state index in [1.54, 1.807) is 32.9 Å². The van der Waals surface area contributed by atoms with Crippen LogP contribution >= 0.6 is 0 Å². The third kappa shape index (κ3) is 6.80. The van der Waals surface area contributed by atoms with E-state index in [1.165, 1.54) is 0 Å². The van der Waals surface area contributed by atoms with Gasteiger partial charge in [-0.05, 0) is 44.9 Å². The van der Waals surface area contributed by atoms with Gasteiger partial charge in [0.15, 0.2) is 0 Å². The molecule has 0 heterocycles. The van der Waals surface area contributed by atoms with E-state index in [0.29, 0.717) is 18.5 Å². The zero-order valence-electron chi connectivity index (χ0n) is 13.1. The highest BCUT2D eigenvalue weighted by Crippen LogP contribution is 2.13. The summed E-state index contributed by atoms with van der Waals surface area (Å²) in [4.78, 5) is 22.8. The average Bonchev–Trinajstić information content (AvgIpc) is 2.43. The van der Waals surface area contributed by atoms with Crippen molar-refractivity contribution in [2.24, 2.45) is 0 Å². The number of alkyl carbamates (subject to hydrolysis) is 1. The van der Waals surface area contributed by atoms with Crippen molar-refractivity contribution in [2.75, 3.05) is 6.61 Å². The molecule has 22 heavy (non-hydrogen) atoms. The van der Waals surface area contributed by atoms with Crippen LogP contribution in [0, 0.1) is 12.3 Å². The Kier molecular flexibility index (Phi) is 6.46. The molecule has 0 aliphatic carbocycles. The summed E-state index contributed by atoms with van der Waals surface area (Å²) in [5, 5.41) is 2.53. The smallest absolute Gasteiger partial charge is 0.408 e. The normalized spacial score (nSPS) is 11.9. The van der Waals surface area contributed by atoms with Crippen molar-refractivity contribution in [1.82, 2.24) is 5.32 Å². The summed E-state index contributed by atoms with van der Waals surface area (Å²) >= 11 is 0. The summed E-state index contributed by atoms with van der Waals surface area (Å²) in [5.41, 5.74) is 0.286. The molecule has 1 N–H and O–H groups in total. The predicted octanol–water partition coefficient (Wildman–Crippen LogP) is 2.33. The van der Waals surface area contributed by atoms with Crippen LogP contribution < -0.4 is 10.1 Å². The fourth-order valence-corrected chi connectivity index (χ4v) is 1.69. The summed E-state index contributed by atoms with van der Waals surface area (Å²) in [6.45, 7) is 5.49. The molecule has 0 fully saturated rings. The maximum Gasteiger partial charge on any atom is 0.408 e. The lowest BCUT2D eigenvalue weighted by atomic mass is 10.1. The van der Waals surface area contributed by atoms with Gasteiger partial charge in [0.2, 0.25) is 0 Å². The summed E-state index contributed by atoms with van der Waals surface area (Å²) in [6.07, 6.45) is 5.56. The van der Waals surface area contributed by atoms with E-state index in [2.05, 4.69) is 11.2 Å². The molecular formula is C17H21NO4. The molecule has 1 aromatic carbocycles. The lowest BCUT2D eigenvalue weighted by Gasteiger charge is -2.21. The molecule has 5 heteroatoms. The first-order valence-electron chi connectivity index (χ1n) is 6.94. The van der Waals surface area contributed by atoms with E-state index >= 15 is 0 Å². The van der Waals surface area contributed by atoms with Gasteiger partial charge >= 0.3 is 6.09 Å². The molecule has 0 saturated heterocycles. The van der Waals surface area contributed by atoms with Crippen LogP contribution in [0.3, 0.4) is 0 Å². The van der Waals surface area contributed by atoms with E-state index in [1.807, 2.05) is 12.1 Å². The Labute approximate surface area is 131 Å².